The number of carbonyl (C=O) groups excluding carboxylic acids is 2. The molecule has 30 heavy (non-hydrogen) atoms. The number of amides is 2. The molecule has 6 heteroatoms. The Morgan fingerprint density at radius 3 is 2.50 bits per heavy atom. The summed E-state index contributed by atoms with van der Waals surface area (Å²) in [7, 11) is 0. The number of halogens is 1. The third kappa shape index (κ3) is 5.64. The summed E-state index contributed by atoms with van der Waals surface area (Å²) in [4.78, 5) is 27.8. The van der Waals surface area contributed by atoms with Gasteiger partial charge in [0.2, 0.25) is 11.8 Å². The summed E-state index contributed by atoms with van der Waals surface area (Å²) < 4.78 is 13.1. The number of para-hydroxylation sites is 1. The van der Waals surface area contributed by atoms with Crippen LogP contribution in [0.2, 0.25) is 0 Å². The van der Waals surface area contributed by atoms with Crippen LogP contribution in [0.1, 0.15) is 24.3 Å². The minimum absolute atomic E-state index is 0.00632. The molecule has 0 aliphatic heterocycles. The van der Waals surface area contributed by atoms with Crippen molar-refractivity contribution in [3.8, 4) is 10.4 Å². The summed E-state index contributed by atoms with van der Waals surface area (Å²) in [6, 6.07) is 17.7. The van der Waals surface area contributed by atoms with Crippen LogP contribution >= 0.6 is 11.3 Å². The Labute approximate surface area is 179 Å². The van der Waals surface area contributed by atoms with E-state index in [1.165, 1.54) is 36.5 Å². The lowest BCUT2D eigenvalue weighted by molar-refractivity contribution is -0.129. The van der Waals surface area contributed by atoms with Gasteiger partial charge in [-0.2, -0.15) is 0 Å². The summed E-state index contributed by atoms with van der Waals surface area (Å²) in [6.07, 6.45) is 3.24. The van der Waals surface area contributed by atoms with Crippen LogP contribution in [0.3, 0.4) is 0 Å². The zero-order valence-corrected chi connectivity index (χ0v) is 17.7. The molecule has 0 spiro atoms. The van der Waals surface area contributed by atoms with Crippen molar-refractivity contribution in [3.63, 3.8) is 0 Å². The van der Waals surface area contributed by atoms with E-state index in [0.717, 1.165) is 20.9 Å². The highest BCUT2D eigenvalue weighted by molar-refractivity contribution is 7.16. The van der Waals surface area contributed by atoms with Crippen LogP contribution in [0.25, 0.3) is 16.5 Å². The van der Waals surface area contributed by atoms with Crippen molar-refractivity contribution in [2.24, 2.45) is 0 Å². The highest BCUT2D eigenvalue weighted by Gasteiger charge is 2.11. The number of hydrogen-bond donors (Lipinski definition) is 1. The van der Waals surface area contributed by atoms with Crippen LogP contribution in [0.4, 0.5) is 10.1 Å². The van der Waals surface area contributed by atoms with Crippen LogP contribution < -0.4 is 5.32 Å². The van der Waals surface area contributed by atoms with Crippen molar-refractivity contribution in [2.75, 3.05) is 11.9 Å². The smallest absolute Gasteiger partial charge is 0.248 e. The fourth-order valence-electron chi connectivity index (χ4n) is 2.98. The molecule has 0 unspecified atom stereocenters. The Morgan fingerprint density at radius 2 is 1.80 bits per heavy atom. The van der Waals surface area contributed by atoms with Crippen LogP contribution in [-0.4, -0.2) is 23.3 Å². The fourth-order valence-corrected chi connectivity index (χ4v) is 3.89. The topological polar surface area (TPSA) is 49.4 Å². The van der Waals surface area contributed by atoms with Gasteiger partial charge in [0.15, 0.2) is 0 Å². The lowest BCUT2D eigenvalue weighted by atomic mass is 10.1. The molecule has 0 saturated heterocycles. The molecule has 3 rings (SSSR count). The number of thiophene rings is 1. The van der Waals surface area contributed by atoms with Gasteiger partial charge in [0.25, 0.3) is 0 Å². The second-order valence-electron chi connectivity index (χ2n) is 6.72. The van der Waals surface area contributed by atoms with Gasteiger partial charge >= 0.3 is 0 Å². The van der Waals surface area contributed by atoms with E-state index in [-0.39, 0.29) is 17.6 Å². The number of nitrogens with one attached hydrogen (secondary N) is 1. The van der Waals surface area contributed by atoms with Gasteiger partial charge in [0.1, 0.15) is 5.82 Å². The number of benzene rings is 2. The summed E-state index contributed by atoms with van der Waals surface area (Å²) in [6.45, 7) is 4.51. The molecule has 1 N–H and O–H groups in total. The van der Waals surface area contributed by atoms with Crippen molar-refractivity contribution < 1.29 is 14.0 Å². The van der Waals surface area contributed by atoms with Gasteiger partial charge in [-0.05, 0) is 54.5 Å². The molecule has 0 aliphatic carbocycles. The van der Waals surface area contributed by atoms with Crippen LogP contribution in [0.5, 0.6) is 0 Å². The Kier molecular flexibility index (Phi) is 7.14. The Morgan fingerprint density at radius 1 is 1.07 bits per heavy atom. The van der Waals surface area contributed by atoms with E-state index < -0.39 is 0 Å². The maximum absolute atomic E-state index is 13.1. The third-order valence-corrected chi connectivity index (χ3v) is 5.72. The fraction of sp³-hybridized carbons (Fsp3) is 0.167. The maximum atomic E-state index is 13.1. The molecule has 2 aromatic carbocycles. The number of rotatable bonds is 7. The van der Waals surface area contributed by atoms with E-state index in [1.807, 2.05) is 43.3 Å². The third-order valence-electron chi connectivity index (χ3n) is 4.62. The highest BCUT2D eigenvalue weighted by Crippen LogP contribution is 2.29. The van der Waals surface area contributed by atoms with Gasteiger partial charge in [-0.25, -0.2) is 4.39 Å². The zero-order chi connectivity index (χ0) is 21.5. The number of nitrogens with zero attached hydrogens (tertiary/aromatic N) is 1. The zero-order valence-electron chi connectivity index (χ0n) is 16.9. The Hall–Kier alpha value is -3.25. The molecule has 4 nitrogen and oxygen atoms in total. The van der Waals surface area contributed by atoms with Crippen molar-refractivity contribution in [1.29, 1.82) is 0 Å². The molecule has 0 aliphatic rings. The molecule has 1 aromatic heterocycles. The van der Waals surface area contributed by atoms with E-state index in [4.69, 9.17) is 0 Å². The highest BCUT2D eigenvalue weighted by atomic mass is 32.1. The van der Waals surface area contributed by atoms with E-state index in [9.17, 15) is 14.0 Å². The second-order valence-corrected chi connectivity index (χ2v) is 7.84. The normalized spacial score (nSPS) is 10.9. The molecule has 3 aromatic rings. The summed E-state index contributed by atoms with van der Waals surface area (Å²) in [5, 5.41) is 2.89. The van der Waals surface area contributed by atoms with Crippen LogP contribution in [0.15, 0.2) is 66.7 Å². The first-order valence-electron chi connectivity index (χ1n) is 9.64. The molecule has 0 atom stereocenters. The van der Waals surface area contributed by atoms with Crippen LogP contribution in [-0.2, 0) is 16.1 Å². The Bertz CT molecular complexity index is 1060. The van der Waals surface area contributed by atoms with Crippen LogP contribution in [0, 0.1) is 5.82 Å². The number of hydrogen-bond acceptors (Lipinski definition) is 3. The first-order chi connectivity index (χ1) is 14.5. The SMILES string of the molecule is CCN(Cc1ccccc1NC(=O)/C=C/c1ccc(-c2ccc(F)cc2)s1)C(C)=O. The molecular formula is C24H23FN2O2S. The molecule has 0 fully saturated rings. The van der Waals surface area contributed by atoms with Gasteiger partial charge in [-0.3, -0.25) is 9.59 Å². The predicted molar refractivity (Wildman–Crippen MR) is 121 cm³/mol. The molecule has 0 bridgehead atoms. The predicted octanol–water partition coefficient (Wildman–Crippen LogP) is 5.57. The molecule has 0 saturated carbocycles. The standard InChI is InChI=1S/C24H23FN2O2S/c1-3-27(17(2)28)16-19-6-4-5-7-22(19)26-24(29)15-13-21-12-14-23(30-21)18-8-10-20(25)11-9-18/h4-15H,3,16H2,1-2H3,(H,26,29)/b15-13+. The summed E-state index contributed by atoms with van der Waals surface area (Å²) in [5.41, 5.74) is 2.50. The van der Waals surface area contributed by atoms with E-state index in [0.29, 0.717) is 18.8 Å². The van der Waals surface area contributed by atoms with Gasteiger partial charge in [-0.15, -0.1) is 11.3 Å². The minimum Gasteiger partial charge on any atom is -0.339 e. The minimum atomic E-state index is -0.266. The van der Waals surface area contributed by atoms with E-state index >= 15 is 0 Å². The number of carbonyl (C=O) groups is 2. The van der Waals surface area contributed by atoms with Crippen molar-refractivity contribution in [2.45, 2.75) is 20.4 Å². The van der Waals surface area contributed by atoms with Crippen molar-refractivity contribution in [1.82, 2.24) is 4.90 Å². The second kappa shape index (κ2) is 9.98. The molecule has 154 valence electrons. The first-order valence-corrected chi connectivity index (χ1v) is 10.5. The lowest BCUT2D eigenvalue weighted by Crippen LogP contribution is -2.28. The quantitative estimate of drug-likeness (QED) is 0.506. The van der Waals surface area contributed by atoms with E-state index in [2.05, 4.69) is 5.32 Å². The van der Waals surface area contributed by atoms with Gasteiger partial charge in [-0.1, -0.05) is 30.3 Å². The molecular weight excluding hydrogens is 399 g/mol. The Balaban J connectivity index is 1.67. The van der Waals surface area contributed by atoms with Crippen molar-refractivity contribution in [3.05, 3.63) is 83.0 Å². The van der Waals surface area contributed by atoms with Gasteiger partial charge < -0.3 is 10.2 Å². The number of anilines is 1. The van der Waals surface area contributed by atoms with Gasteiger partial charge in [0.05, 0.1) is 0 Å². The molecule has 1 heterocycles. The monoisotopic (exact) mass is 422 g/mol. The lowest BCUT2D eigenvalue weighted by Gasteiger charge is -2.20. The average molecular weight is 423 g/mol. The molecule has 2 amide bonds. The first kappa shape index (κ1) is 21.5. The van der Waals surface area contributed by atoms with Crippen molar-refractivity contribution >= 4 is 34.9 Å². The van der Waals surface area contributed by atoms with E-state index in [1.54, 1.807) is 23.1 Å². The maximum Gasteiger partial charge on any atom is 0.248 e. The molecule has 0 radical (unpaired) electrons. The average Bonchev–Trinajstić information content (AvgIpc) is 3.21. The summed E-state index contributed by atoms with van der Waals surface area (Å²) in [5.74, 6) is -0.518. The summed E-state index contributed by atoms with van der Waals surface area (Å²) >= 11 is 1.52. The van der Waals surface area contributed by atoms with Gasteiger partial charge in [0, 0.05) is 41.5 Å². The largest absolute Gasteiger partial charge is 0.339 e.